The van der Waals surface area contributed by atoms with Crippen molar-refractivity contribution in [3.8, 4) is 0 Å². The van der Waals surface area contributed by atoms with Crippen LogP contribution in [0.3, 0.4) is 0 Å². The van der Waals surface area contributed by atoms with Crippen LogP contribution in [-0.4, -0.2) is 23.6 Å². The third-order valence-corrected chi connectivity index (χ3v) is 3.21. The van der Waals surface area contributed by atoms with E-state index in [0.717, 1.165) is 12.3 Å². The van der Waals surface area contributed by atoms with Gasteiger partial charge in [-0.3, -0.25) is 0 Å². The largest absolute Gasteiger partial charge is 0.462 e. The van der Waals surface area contributed by atoms with Crippen molar-refractivity contribution in [3.05, 3.63) is 17.8 Å². The van der Waals surface area contributed by atoms with E-state index in [2.05, 4.69) is 17.2 Å². The van der Waals surface area contributed by atoms with Crippen molar-refractivity contribution >= 4 is 17.5 Å². The number of anilines is 2. The van der Waals surface area contributed by atoms with E-state index in [-0.39, 0.29) is 5.97 Å². The summed E-state index contributed by atoms with van der Waals surface area (Å²) in [4.78, 5) is 15.9. The number of rotatable bonds is 6. The number of carbonyl (C=O) groups excluding carboxylic acids is 1. The van der Waals surface area contributed by atoms with Gasteiger partial charge in [-0.1, -0.05) is 12.8 Å². The molecule has 1 aliphatic rings. The van der Waals surface area contributed by atoms with Crippen molar-refractivity contribution in [2.45, 2.75) is 39.2 Å². The molecule has 0 radical (unpaired) electrons. The Balaban J connectivity index is 2.10. The van der Waals surface area contributed by atoms with Crippen LogP contribution in [-0.2, 0) is 4.74 Å². The molecular weight excluding hydrogens is 242 g/mol. The summed E-state index contributed by atoms with van der Waals surface area (Å²) in [5, 5.41) is 3.33. The predicted octanol–water partition coefficient (Wildman–Crippen LogP) is 2.44. The van der Waals surface area contributed by atoms with Crippen molar-refractivity contribution < 1.29 is 9.53 Å². The van der Waals surface area contributed by atoms with Crippen molar-refractivity contribution in [1.29, 1.82) is 0 Å². The van der Waals surface area contributed by atoms with Crippen LogP contribution < -0.4 is 11.1 Å². The molecule has 1 aromatic heterocycles. The summed E-state index contributed by atoms with van der Waals surface area (Å²) >= 11 is 0. The van der Waals surface area contributed by atoms with Crippen LogP contribution >= 0.6 is 0 Å². The molecule has 1 fully saturated rings. The van der Waals surface area contributed by atoms with Gasteiger partial charge < -0.3 is 15.8 Å². The maximum atomic E-state index is 11.9. The van der Waals surface area contributed by atoms with Gasteiger partial charge in [0.2, 0.25) is 0 Å². The zero-order valence-corrected chi connectivity index (χ0v) is 11.5. The predicted molar refractivity (Wildman–Crippen MR) is 75.0 cm³/mol. The van der Waals surface area contributed by atoms with E-state index in [1.54, 1.807) is 19.2 Å². The van der Waals surface area contributed by atoms with Gasteiger partial charge in [0.25, 0.3) is 0 Å². The Labute approximate surface area is 113 Å². The molecule has 1 atom stereocenters. The second-order valence-corrected chi connectivity index (χ2v) is 5.10. The first-order chi connectivity index (χ1) is 9.10. The zero-order chi connectivity index (χ0) is 13.8. The van der Waals surface area contributed by atoms with E-state index >= 15 is 0 Å². The highest BCUT2D eigenvalue weighted by molar-refractivity contribution is 5.96. The molecule has 0 saturated heterocycles. The fraction of sp³-hybridized carbons (Fsp3) is 0.571. The molecule has 5 nitrogen and oxygen atoms in total. The van der Waals surface area contributed by atoms with Gasteiger partial charge in [-0.05, 0) is 32.3 Å². The molecule has 2 rings (SSSR count). The number of nitrogens with zero attached hydrogens (tertiary/aromatic N) is 1. The minimum Gasteiger partial charge on any atom is -0.462 e. The number of pyridine rings is 1. The maximum absolute atomic E-state index is 11.9. The summed E-state index contributed by atoms with van der Waals surface area (Å²) in [6.07, 6.45) is 5.35. The normalized spacial score (nSPS) is 15.9. The fourth-order valence-corrected chi connectivity index (χ4v) is 2.14. The first-order valence-electron chi connectivity index (χ1n) is 6.79. The molecule has 19 heavy (non-hydrogen) atoms. The van der Waals surface area contributed by atoms with E-state index < -0.39 is 0 Å². The van der Waals surface area contributed by atoms with Crippen LogP contribution in [0.5, 0.6) is 0 Å². The minimum absolute atomic E-state index is 0.311. The summed E-state index contributed by atoms with van der Waals surface area (Å²) in [6.45, 7) is 4.24. The van der Waals surface area contributed by atoms with Gasteiger partial charge in [-0.15, -0.1) is 0 Å². The molecule has 0 amide bonds. The third kappa shape index (κ3) is 3.84. The van der Waals surface area contributed by atoms with E-state index in [1.807, 2.05) is 0 Å². The van der Waals surface area contributed by atoms with Crippen molar-refractivity contribution in [1.82, 2.24) is 4.98 Å². The first kappa shape index (κ1) is 13.6. The maximum Gasteiger partial charge on any atom is 0.340 e. The Hall–Kier alpha value is -1.78. The second-order valence-electron chi connectivity index (χ2n) is 5.10. The highest BCUT2D eigenvalue weighted by Gasteiger charge is 2.24. The summed E-state index contributed by atoms with van der Waals surface area (Å²) in [6, 6.07) is 1.87. The third-order valence-electron chi connectivity index (χ3n) is 3.21. The van der Waals surface area contributed by atoms with E-state index in [4.69, 9.17) is 10.5 Å². The van der Waals surface area contributed by atoms with E-state index in [0.29, 0.717) is 29.7 Å². The highest BCUT2D eigenvalue weighted by atomic mass is 16.5. The summed E-state index contributed by atoms with van der Waals surface area (Å²) in [7, 11) is 0. The molecule has 0 spiro atoms. The number of nitrogens with two attached hydrogens (primary N) is 1. The standard InChI is InChI=1S/C14H21N3O2/c1-3-19-14(18)11-7-13(15)16-8-12(11)17-9(2)6-10-4-5-10/h7-10,17H,3-6H2,1-2H3,(H2,15,16). The average Bonchev–Trinajstić information content (AvgIpc) is 3.15. The number of carbonyl (C=O) groups is 1. The number of aromatic nitrogens is 1. The molecule has 0 bridgehead atoms. The van der Waals surface area contributed by atoms with Gasteiger partial charge in [-0.25, -0.2) is 9.78 Å². The molecule has 1 saturated carbocycles. The Bertz CT molecular complexity index is 458. The van der Waals surface area contributed by atoms with Crippen LogP contribution in [0.1, 0.15) is 43.5 Å². The quantitative estimate of drug-likeness (QED) is 0.771. The second kappa shape index (κ2) is 5.91. The van der Waals surface area contributed by atoms with Crippen LogP contribution in [0.4, 0.5) is 11.5 Å². The van der Waals surface area contributed by atoms with E-state index in [9.17, 15) is 4.79 Å². The number of hydrogen-bond donors (Lipinski definition) is 2. The molecule has 1 aromatic rings. The smallest absolute Gasteiger partial charge is 0.340 e. The molecule has 1 unspecified atom stereocenters. The summed E-state index contributed by atoms with van der Waals surface area (Å²) in [5.41, 5.74) is 6.79. The summed E-state index contributed by atoms with van der Waals surface area (Å²) < 4.78 is 5.04. The zero-order valence-electron chi connectivity index (χ0n) is 11.5. The van der Waals surface area contributed by atoms with Gasteiger partial charge >= 0.3 is 5.97 Å². The van der Waals surface area contributed by atoms with Crippen LogP contribution in [0.15, 0.2) is 12.3 Å². The summed E-state index contributed by atoms with van der Waals surface area (Å²) in [5.74, 6) is 0.788. The molecule has 104 valence electrons. The van der Waals surface area contributed by atoms with Gasteiger partial charge in [-0.2, -0.15) is 0 Å². The van der Waals surface area contributed by atoms with Crippen LogP contribution in [0.2, 0.25) is 0 Å². The lowest BCUT2D eigenvalue weighted by Gasteiger charge is -2.17. The fourth-order valence-electron chi connectivity index (χ4n) is 2.14. The topological polar surface area (TPSA) is 77.2 Å². The Morgan fingerprint density at radius 3 is 3.00 bits per heavy atom. The molecule has 1 aliphatic carbocycles. The molecule has 0 aliphatic heterocycles. The Morgan fingerprint density at radius 1 is 1.63 bits per heavy atom. The lowest BCUT2D eigenvalue weighted by molar-refractivity contribution is 0.0527. The lowest BCUT2D eigenvalue weighted by atomic mass is 10.1. The first-order valence-corrected chi connectivity index (χ1v) is 6.79. The van der Waals surface area contributed by atoms with Gasteiger partial charge in [0.1, 0.15) is 5.82 Å². The van der Waals surface area contributed by atoms with Crippen LogP contribution in [0.25, 0.3) is 0 Å². The van der Waals surface area contributed by atoms with E-state index in [1.165, 1.54) is 12.8 Å². The molecular formula is C14H21N3O2. The van der Waals surface area contributed by atoms with Gasteiger partial charge in [0.15, 0.2) is 0 Å². The van der Waals surface area contributed by atoms with Crippen LogP contribution in [0, 0.1) is 5.92 Å². The van der Waals surface area contributed by atoms with Crippen molar-refractivity contribution in [3.63, 3.8) is 0 Å². The molecule has 1 heterocycles. The number of nitrogens with one attached hydrogen (secondary N) is 1. The van der Waals surface area contributed by atoms with Crippen molar-refractivity contribution in [2.75, 3.05) is 17.7 Å². The monoisotopic (exact) mass is 263 g/mol. The van der Waals surface area contributed by atoms with Gasteiger partial charge in [0, 0.05) is 6.04 Å². The number of hydrogen-bond acceptors (Lipinski definition) is 5. The Kier molecular flexibility index (Phi) is 4.24. The van der Waals surface area contributed by atoms with Gasteiger partial charge in [0.05, 0.1) is 24.1 Å². The highest BCUT2D eigenvalue weighted by Crippen LogP contribution is 2.34. The minimum atomic E-state index is -0.363. The SMILES string of the molecule is CCOC(=O)c1cc(N)ncc1NC(C)CC1CC1. The molecule has 5 heteroatoms. The molecule has 3 N–H and O–H groups in total. The Morgan fingerprint density at radius 2 is 2.37 bits per heavy atom. The number of esters is 1. The molecule has 0 aromatic carbocycles. The average molecular weight is 263 g/mol. The number of ether oxygens (including phenoxy) is 1. The lowest BCUT2D eigenvalue weighted by Crippen LogP contribution is -2.19. The number of nitrogen functional groups attached to an aromatic ring is 1. The van der Waals surface area contributed by atoms with Crippen molar-refractivity contribution in [2.24, 2.45) is 5.92 Å².